The zero-order valence-electron chi connectivity index (χ0n) is 8.93. The quantitative estimate of drug-likeness (QED) is 0.757. The molecule has 4 heteroatoms. The molecule has 0 radical (unpaired) electrons. The van der Waals surface area contributed by atoms with E-state index in [0.29, 0.717) is 5.56 Å². The van der Waals surface area contributed by atoms with Crippen molar-refractivity contribution in [3.05, 3.63) is 48.0 Å². The second kappa shape index (κ2) is 5.11. The van der Waals surface area contributed by atoms with E-state index >= 15 is 0 Å². The highest BCUT2D eigenvalue weighted by atomic mass is 16.4. The van der Waals surface area contributed by atoms with Gasteiger partial charge in [0.1, 0.15) is 0 Å². The van der Waals surface area contributed by atoms with Crippen LogP contribution in [0, 0.1) is 0 Å². The van der Waals surface area contributed by atoms with Crippen LogP contribution in [0.5, 0.6) is 0 Å². The molecule has 1 aromatic carbocycles. The van der Waals surface area contributed by atoms with Gasteiger partial charge in [0.25, 0.3) is 5.91 Å². The number of carbonyl (C=O) groups excluding carboxylic acids is 1. The van der Waals surface area contributed by atoms with E-state index in [9.17, 15) is 9.59 Å². The molecule has 1 unspecified atom stereocenters. The van der Waals surface area contributed by atoms with E-state index in [4.69, 9.17) is 5.11 Å². The maximum atomic E-state index is 11.6. The molecule has 1 rings (SSSR count). The number of carbonyl (C=O) groups is 2. The molecule has 0 aromatic heterocycles. The molecule has 84 valence electrons. The monoisotopic (exact) mass is 219 g/mol. The van der Waals surface area contributed by atoms with Gasteiger partial charge in [-0.15, -0.1) is 6.58 Å². The van der Waals surface area contributed by atoms with Crippen molar-refractivity contribution >= 4 is 11.9 Å². The number of amides is 1. The van der Waals surface area contributed by atoms with Gasteiger partial charge in [-0.3, -0.25) is 4.79 Å². The van der Waals surface area contributed by atoms with Crippen molar-refractivity contribution in [2.24, 2.45) is 0 Å². The maximum absolute atomic E-state index is 11.6. The van der Waals surface area contributed by atoms with E-state index in [1.165, 1.54) is 18.2 Å². The highest BCUT2D eigenvalue weighted by Gasteiger charge is 2.10. The number of hydrogen-bond donors (Lipinski definition) is 2. The van der Waals surface area contributed by atoms with Gasteiger partial charge in [0, 0.05) is 11.6 Å². The molecule has 0 aliphatic rings. The van der Waals surface area contributed by atoms with Crippen LogP contribution >= 0.6 is 0 Å². The standard InChI is InChI=1S/C12H13NO3/c1-3-8(2)13-11(14)9-5-4-6-10(7-9)12(15)16/h3-8H,1H2,2H3,(H,13,14)(H,15,16). The summed E-state index contributed by atoms with van der Waals surface area (Å²) in [6, 6.07) is 5.74. The van der Waals surface area contributed by atoms with Crippen molar-refractivity contribution in [2.45, 2.75) is 13.0 Å². The molecular formula is C12H13NO3. The molecule has 2 N–H and O–H groups in total. The first kappa shape index (κ1) is 12.0. The number of aromatic carboxylic acids is 1. The average Bonchev–Trinajstić information content (AvgIpc) is 2.28. The second-order valence-corrected chi connectivity index (χ2v) is 3.38. The third-order valence-corrected chi connectivity index (χ3v) is 2.08. The lowest BCUT2D eigenvalue weighted by Crippen LogP contribution is -2.30. The molecule has 1 amide bonds. The number of carboxylic acids is 1. The van der Waals surface area contributed by atoms with E-state index in [1.54, 1.807) is 19.1 Å². The van der Waals surface area contributed by atoms with Crippen LogP contribution < -0.4 is 5.32 Å². The summed E-state index contributed by atoms with van der Waals surface area (Å²) in [5, 5.41) is 11.4. The molecule has 0 bridgehead atoms. The molecule has 0 saturated carbocycles. The van der Waals surface area contributed by atoms with E-state index in [2.05, 4.69) is 11.9 Å². The molecule has 0 heterocycles. The molecular weight excluding hydrogens is 206 g/mol. The van der Waals surface area contributed by atoms with Crippen LogP contribution in [-0.2, 0) is 0 Å². The lowest BCUT2D eigenvalue weighted by molar-refractivity contribution is 0.0697. The lowest BCUT2D eigenvalue weighted by atomic mass is 10.1. The van der Waals surface area contributed by atoms with Crippen LogP contribution in [0.2, 0.25) is 0 Å². The summed E-state index contributed by atoms with van der Waals surface area (Å²) >= 11 is 0. The van der Waals surface area contributed by atoms with Gasteiger partial charge >= 0.3 is 5.97 Å². The summed E-state index contributed by atoms with van der Waals surface area (Å²) in [7, 11) is 0. The van der Waals surface area contributed by atoms with Gasteiger partial charge in [0.15, 0.2) is 0 Å². The second-order valence-electron chi connectivity index (χ2n) is 3.38. The first-order valence-corrected chi connectivity index (χ1v) is 4.81. The minimum atomic E-state index is -1.05. The van der Waals surface area contributed by atoms with Gasteiger partial charge in [-0.25, -0.2) is 4.79 Å². The average molecular weight is 219 g/mol. The number of nitrogens with one attached hydrogen (secondary N) is 1. The fourth-order valence-corrected chi connectivity index (χ4v) is 1.14. The Kier molecular flexibility index (Phi) is 3.83. The summed E-state index contributed by atoms with van der Waals surface area (Å²) in [4.78, 5) is 22.3. The molecule has 0 saturated heterocycles. The number of benzene rings is 1. The smallest absolute Gasteiger partial charge is 0.335 e. The first-order chi connectivity index (χ1) is 7.54. The van der Waals surface area contributed by atoms with Crippen LogP contribution in [0.15, 0.2) is 36.9 Å². The summed E-state index contributed by atoms with van der Waals surface area (Å²) < 4.78 is 0. The van der Waals surface area contributed by atoms with Crippen LogP contribution in [0.4, 0.5) is 0 Å². The predicted molar refractivity (Wildman–Crippen MR) is 60.5 cm³/mol. The summed E-state index contributed by atoms with van der Waals surface area (Å²) in [5.41, 5.74) is 0.424. The normalized spacial score (nSPS) is 11.6. The van der Waals surface area contributed by atoms with Crippen LogP contribution in [-0.4, -0.2) is 23.0 Å². The lowest BCUT2D eigenvalue weighted by Gasteiger charge is -2.09. The Bertz CT molecular complexity index is 426. The molecule has 0 aliphatic heterocycles. The summed E-state index contributed by atoms with van der Waals surface area (Å²) in [6.45, 7) is 5.33. The molecule has 1 aromatic rings. The maximum Gasteiger partial charge on any atom is 0.335 e. The predicted octanol–water partition coefficient (Wildman–Crippen LogP) is 1.69. The molecule has 16 heavy (non-hydrogen) atoms. The van der Waals surface area contributed by atoms with Gasteiger partial charge in [0.2, 0.25) is 0 Å². The molecule has 0 fully saturated rings. The van der Waals surface area contributed by atoms with Crippen LogP contribution in [0.1, 0.15) is 27.6 Å². The van der Waals surface area contributed by atoms with Crippen LogP contribution in [0.3, 0.4) is 0 Å². The first-order valence-electron chi connectivity index (χ1n) is 4.81. The minimum Gasteiger partial charge on any atom is -0.478 e. The zero-order chi connectivity index (χ0) is 12.1. The zero-order valence-corrected chi connectivity index (χ0v) is 8.93. The fourth-order valence-electron chi connectivity index (χ4n) is 1.14. The Balaban J connectivity index is 2.87. The van der Waals surface area contributed by atoms with E-state index in [0.717, 1.165) is 0 Å². The SMILES string of the molecule is C=CC(C)NC(=O)c1cccc(C(=O)O)c1. The Labute approximate surface area is 93.6 Å². The van der Waals surface area contributed by atoms with Gasteiger partial charge in [0.05, 0.1) is 5.56 Å². The van der Waals surface area contributed by atoms with Crippen molar-refractivity contribution in [3.63, 3.8) is 0 Å². The fraction of sp³-hybridized carbons (Fsp3) is 0.167. The van der Waals surface area contributed by atoms with Crippen molar-refractivity contribution in [3.8, 4) is 0 Å². The largest absolute Gasteiger partial charge is 0.478 e. The number of rotatable bonds is 4. The molecule has 0 spiro atoms. The van der Waals surface area contributed by atoms with Gasteiger partial charge in [-0.1, -0.05) is 12.1 Å². The molecule has 1 atom stereocenters. The summed E-state index contributed by atoms with van der Waals surface area (Å²) in [5.74, 6) is -1.36. The number of hydrogen-bond acceptors (Lipinski definition) is 2. The van der Waals surface area contributed by atoms with Gasteiger partial charge in [-0.2, -0.15) is 0 Å². The third kappa shape index (κ3) is 2.95. The van der Waals surface area contributed by atoms with Crippen molar-refractivity contribution < 1.29 is 14.7 Å². The highest BCUT2D eigenvalue weighted by Crippen LogP contribution is 2.05. The number of carboxylic acid groups (broad SMARTS) is 1. The Morgan fingerprint density at radius 3 is 2.62 bits per heavy atom. The van der Waals surface area contributed by atoms with Crippen LogP contribution in [0.25, 0.3) is 0 Å². The van der Waals surface area contributed by atoms with Crippen molar-refractivity contribution in [2.75, 3.05) is 0 Å². The van der Waals surface area contributed by atoms with E-state index in [-0.39, 0.29) is 17.5 Å². The highest BCUT2D eigenvalue weighted by molar-refractivity contribution is 5.97. The van der Waals surface area contributed by atoms with Crippen molar-refractivity contribution in [1.82, 2.24) is 5.32 Å². The van der Waals surface area contributed by atoms with Crippen molar-refractivity contribution in [1.29, 1.82) is 0 Å². The van der Waals surface area contributed by atoms with E-state index < -0.39 is 5.97 Å². The third-order valence-electron chi connectivity index (χ3n) is 2.08. The van der Waals surface area contributed by atoms with E-state index in [1.807, 2.05) is 0 Å². The Morgan fingerprint density at radius 1 is 1.44 bits per heavy atom. The van der Waals surface area contributed by atoms with Gasteiger partial charge in [-0.05, 0) is 25.1 Å². The summed E-state index contributed by atoms with van der Waals surface area (Å²) in [6.07, 6.45) is 1.60. The topological polar surface area (TPSA) is 66.4 Å². The molecule has 4 nitrogen and oxygen atoms in total. The van der Waals surface area contributed by atoms with Gasteiger partial charge < -0.3 is 10.4 Å². The molecule has 0 aliphatic carbocycles. The Morgan fingerprint density at radius 2 is 2.06 bits per heavy atom. The minimum absolute atomic E-state index is 0.0962. The Hall–Kier alpha value is -2.10.